The van der Waals surface area contributed by atoms with Gasteiger partial charge in [0, 0.05) is 28.3 Å². The molecule has 5 rings (SSSR count). The summed E-state index contributed by atoms with van der Waals surface area (Å²) >= 11 is 1.61. The highest BCUT2D eigenvalue weighted by molar-refractivity contribution is 7.99. The maximum Gasteiger partial charge on any atom is 0.244 e. The van der Waals surface area contributed by atoms with Crippen LogP contribution in [0.15, 0.2) is 71.6 Å². The number of benzene rings is 3. The number of fused-ring (bicyclic) bond motifs is 2. The lowest BCUT2D eigenvalue weighted by molar-refractivity contribution is -0.121. The Kier molecular flexibility index (Phi) is 5.83. The van der Waals surface area contributed by atoms with Crippen molar-refractivity contribution in [2.75, 3.05) is 30.7 Å². The van der Waals surface area contributed by atoms with Crippen LogP contribution >= 0.6 is 11.8 Å². The summed E-state index contributed by atoms with van der Waals surface area (Å²) in [5.74, 6) is 1.65. The molecule has 1 N–H and O–H groups in total. The molecule has 0 aliphatic carbocycles. The smallest absolute Gasteiger partial charge is 0.244 e. The first-order chi connectivity index (χ1) is 16.1. The van der Waals surface area contributed by atoms with Gasteiger partial charge < -0.3 is 24.4 Å². The zero-order chi connectivity index (χ0) is 22.8. The van der Waals surface area contributed by atoms with Crippen LogP contribution in [0.4, 0.5) is 11.4 Å². The van der Waals surface area contributed by atoms with E-state index in [1.54, 1.807) is 48.0 Å². The second-order valence-corrected chi connectivity index (χ2v) is 8.90. The Bertz CT molecular complexity index is 1210. The Hall–Kier alpha value is -3.65. The van der Waals surface area contributed by atoms with Crippen molar-refractivity contribution in [3.05, 3.63) is 72.3 Å². The number of anilines is 2. The fraction of sp³-hybridized carbons (Fsp3) is 0.200. The monoisotopic (exact) mass is 462 g/mol. The van der Waals surface area contributed by atoms with Crippen LogP contribution in [0.2, 0.25) is 0 Å². The number of ether oxygens (including phenoxy) is 3. The number of carbonyl (C=O) groups excluding carboxylic acids is 2. The quantitative estimate of drug-likeness (QED) is 0.596. The SMILES string of the molecule is COc1cccc(NC(=O)CN2C(=O)CC(c3ccc4c(c3)OCO4)Sc3ccccc32)c1. The van der Waals surface area contributed by atoms with E-state index >= 15 is 0 Å². The molecule has 3 aromatic rings. The minimum atomic E-state index is -0.280. The third-order valence-corrected chi connectivity index (χ3v) is 6.83. The summed E-state index contributed by atoms with van der Waals surface area (Å²) in [4.78, 5) is 28.7. The first kappa shape index (κ1) is 21.2. The number of para-hydroxylation sites is 1. The van der Waals surface area contributed by atoms with Gasteiger partial charge in [0.2, 0.25) is 18.6 Å². The van der Waals surface area contributed by atoms with E-state index < -0.39 is 0 Å². The van der Waals surface area contributed by atoms with Crippen molar-refractivity contribution in [3.63, 3.8) is 0 Å². The maximum atomic E-state index is 13.3. The van der Waals surface area contributed by atoms with Crippen molar-refractivity contribution >= 4 is 35.0 Å². The largest absolute Gasteiger partial charge is 0.497 e. The number of methoxy groups -OCH3 is 1. The van der Waals surface area contributed by atoms with Gasteiger partial charge in [-0.05, 0) is 42.0 Å². The molecule has 0 spiro atoms. The van der Waals surface area contributed by atoms with E-state index in [0.717, 1.165) is 16.1 Å². The fourth-order valence-corrected chi connectivity index (χ4v) is 5.17. The minimum Gasteiger partial charge on any atom is -0.497 e. The third-order valence-electron chi connectivity index (χ3n) is 5.51. The topological polar surface area (TPSA) is 77.1 Å². The predicted molar refractivity (Wildman–Crippen MR) is 126 cm³/mol. The zero-order valence-corrected chi connectivity index (χ0v) is 18.8. The molecule has 2 amide bonds. The van der Waals surface area contributed by atoms with Crippen molar-refractivity contribution < 1.29 is 23.8 Å². The molecule has 2 aliphatic rings. The highest BCUT2D eigenvalue weighted by Gasteiger charge is 2.31. The van der Waals surface area contributed by atoms with E-state index in [1.165, 1.54) is 0 Å². The molecular weight excluding hydrogens is 440 g/mol. The Labute approximate surface area is 195 Å². The average Bonchev–Trinajstić information content (AvgIpc) is 3.25. The van der Waals surface area contributed by atoms with E-state index in [0.29, 0.717) is 22.9 Å². The lowest BCUT2D eigenvalue weighted by atomic mass is 10.1. The lowest BCUT2D eigenvalue weighted by Gasteiger charge is -2.22. The first-order valence-electron chi connectivity index (χ1n) is 10.5. The first-order valence-corrected chi connectivity index (χ1v) is 11.4. The molecule has 168 valence electrons. The average molecular weight is 463 g/mol. The summed E-state index contributed by atoms with van der Waals surface area (Å²) in [7, 11) is 1.57. The van der Waals surface area contributed by atoms with E-state index in [2.05, 4.69) is 5.32 Å². The van der Waals surface area contributed by atoms with E-state index in [1.807, 2.05) is 42.5 Å². The number of carbonyl (C=O) groups is 2. The number of hydrogen-bond donors (Lipinski definition) is 1. The van der Waals surface area contributed by atoms with Gasteiger partial charge in [-0.3, -0.25) is 9.59 Å². The Balaban J connectivity index is 1.38. The summed E-state index contributed by atoms with van der Waals surface area (Å²) in [6.45, 7) is 0.121. The molecule has 1 atom stereocenters. The summed E-state index contributed by atoms with van der Waals surface area (Å²) in [5.41, 5.74) is 2.33. The van der Waals surface area contributed by atoms with Crippen LogP contribution in [0.3, 0.4) is 0 Å². The summed E-state index contributed by atoms with van der Waals surface area (Å²) in [6.07, 6.45) is 0.255. The second kappa shape index (κ2) is 9.07. The Morgan fingerprint density at radius 3 is 2.82 bits per heavy atom. The Morgan fingerprint density at radius 1 is 1.09 bits per heavy atom. The second-order valence-electron chi connectivity index (χ2n) is 7.65. The van der Waals surface area contributed by atoms with Gasteiger partial charge in [0.15, 0.2) is 11.5 Å². The molecule has 33 heavy (non-hydrogen) atoms. The molecule has 0 radical (unpaired) electrons. The van der Waals surface area contributed by atoms with Gasteiger partial charge in [-0.15, -0.1) is 11.8 Å². The molecule has 7 nitrogen and oxygen atoms in total. The zero-order valence-electron chi connectivity index (χ0n) is 17.9. The summed E-state index contributed by atoms with van der Waals surface area (Å²) in [6, 6.07) is 20.6. The number of amides is 2. The van der Waals surface area contributed by atoms with Gasteiger partial charge in [0.05, 0.1) is 12.8 Å². The number of thioether (sulfide) groups is 1. The van der Waals surface area contributed by atoms with Crippen molar-refractivity contribution in [1.29, 1.82) is 0 Å². The standard InChI is InChI=1S/C25H22N2O5S/c1-30-18-6-4-5-17(12-18)26-24(28)14-27-19-7-2-3-8-22(19)33-23(13-25(27)29)16-9-10-20-21(11-16)32-15-31-20/h2-12,23H,13-15H2,1H3,(H,26,28). The van der Waals surface area contributed by atoms with Crippen LogP contribution in [0.1, 0.15) is 17.2 Å². The highest BCUT2D eigenvalue weighted by atomic mass is 32.2. The third kappa shape index (κ3) is 4.47. The molecular formula is C25H22N2O5S. The normalized spacial score (nSPS) is 16.7. The van der Waals surface area contributed by atoms with Gasteiger partial charge in [0.25, 0.3) is 0 Å². The van der Waals surface area contributed by atoms with Crippen molar-refractivity contribution in [3.8, 4) is 17.2 Å². The van der Waals surface area contributed by atoms with Crippen molar-refractivity contribution in [2.24, 2.45) is 0 Å². The van der Waals surface area contributed by atoms with Crippen LogP contribution in [-0.4, -0.2) is 32.3 Å². The molecule has 0 fully saturated rings. The number of rotatable bonds is 5. The molecule has 8 heteroatoms. The molecule has 1 unspecified atom stereocenters. The molecule has 2 heterocycles. The molecule has 0 saturated heterocycles. The van der Waals surface area contributed by atoms with Gasteiger partial charge >= 0.3 is 0 Å². The van der Waals surface area contributed by atoms with Crippen LogP contribution in [0.5, 0.6) is 17.2 Å². The van der Waals surface area contributed by atoms with Crippen LogP contribution in [0.25, 0.3) is 0 Å². The highest BCUT2D eigenvalue weighted by Crippen LogP contribution is 2.47. The molecule has 0 saturated carbocycles. The van der Waals surface area contributed by atoms with E-state index in [4.69, 9.17) is 14.2 Å². The Morgan fingerprint density at radius 2 is 1.94 bits per heavy atom. The van der Waals surface area contributed by atoms with Crippen molar-refractivity contribution in [1.82, 2.24) is 0 Å². The van der Waals surface area contributed by atoms with Gasteiger partial charge in [-0.25, -0.2) is 0 Å². The van der Waals surface area contributed by atoms with Crippen molar-refractivity contribution in [2.45, 2.75) is 16.6 Å². The van der Waals surface area contributed by atoms with Crippen LogP contribution in [0, 0.1) is 0 Å². The van der Waals surface area contributed by atoms with Gasteiger partial charge in [-0.1, -0.05) is 24.3 Å². The molecule has 0 aromatic heterocycles. The predicted octanol–water partition coefficient (Wildman–Crippen LogP) is 4.63. The van der Waals surface area contributed by atoms with E-state index in [9.17, 15) is 9.59 Å². The summed E-state index contributed by atoms with van der Waals surface area (Å²) in [5, 5.41) is 2.75. The van der Waals surface area contributed by atoms with Gasteiger partial charge in [-0.2, -0.15) is 0 Å². The summed E-state index contributed by atoms with van der Waals surface area (Å²) < 4.78 is 16.1. The number of hydrogen-bond acceptors (Lipinski definition) is 6. The lowest BCUT2D eigenvalue weighted by Crippen LogP contribution is -2.38. The number of nitrogens with one attached hydrogen (secondary N) is 1. The van der Waals surface area contributed by atoms with Crippen LogP contribution in [-0.2, 0) is 9.59 Å². The molecule has 2 aliphatic heterocycles. The fourth-order valence-electron chi connectivity index (χ4n) is 3.90. The number of nitrogens with zero attached hydrogens (tertiary/aromatic N) is 1. The van der Waals surface area contributed by atoms with Crippen LogP contribution < -0.4 is 24.4 Å². The van der Waals surface area contributed by atoms with E-state index in [-0.39, 0.29) is 36.8 Å². The minimum absolute atomic E-state index is 0.0819. The molecule has 0 bridgehead atoms. The maximum absolute atomic E-state index is 13.3. The van der Waals surface area contributed by atoms with Gasteiger partial charge in [0.1, 0.15) is 12.3 Å². The molecule has 3 aromatic carbocycles.